The lowest BCUT2D eigenvalue weighted by Gasteiger charge is -2.16. The first-order valence-corrected chi connectivity index (χ1v) is 7.10. The number of ether oxygens (including phenoxy) is 1. The van der Waals surface area contributed by atoms with Crippen LogP contribution in [-0.4, -0.2) is 31.0 Å². The Bertz CT molecular complexity index is 565. The molecule has 0 aromatic heterocycles. The molecule has 0 unspecified atom stereocenters. The Hall–Kier alpha value is -2.22. The second kappa shape index (κ2) is 8.42. The number of aryl methyl sites for hydroxylation is 1. The first-order chi connectivity index (χ1) is 10.7. The Kier molecular flexibility index (Phi) is 6.89. The summed E-state index contributed by atoms with van der Waals surface area (Å²) in [5.74, 6) is -1.23. The van der Waals surface area contributed by atoms with Crippen LogP contribution in [0, 0.1) is 12.8 Å². The van der Waals surface area contributed by atoms with Crippen molar-refractivity contribution < 1.29 is 23.1 Å². The zero-order valence-electron chi connectivity index (χ0n) is 13.2. The van der Waals surface area contributed by atoms with E-state index in [0.29, 0.717) is 5.56 Å². The molecule has 6 nitrogen and oxygen atoms in total. The minimum Gasteiger partial charge on any atom is -0.433 e. The highest BCUT2D eigenvalue weighted by Gasteiger charge is 2.18. The number of halogens is 2. The van der Waals surface area contributed by atoms with Crippen molar-refractivity contribution in [1.29, 1.82) is 0 Å². The van der Waals surface area contributed by atoms with E-state index in [4.69, 9.17) is 5.73 Å². The quantitative estimate of drug-likeness (QED) is 0.709. The predicted molar refractivity (Wildman–Crippen MR) is 82.3 cm³/mol. The van der Waals surface area contributed by atoms with Crippen LogP contribution in [0.15, 0.2) is 18.2 Å². The van der Waals surface area contributed by atoms with E-state index in [9.17, 15) is 18.4 Å². The van der Waals surface area contributed by atoms with Crippen molar-refractivity contribution in [3.8, 4) is 5.75 Å². The molecule has 0 radical (unpaired) electrons. The fourth-order valence-corrected chi connectivity index (χ4v) is 1.77. The van der Waals surface area contributed by atoms with Gasteiger partial charge in [-0.15, -0.1) is 0 Å². The van der Waals surface area contributed by atoms with E-state index in [1.165, 1.54) is 12.1 Å². The van der Waals surface area contributed by atoms with Crippen LogP contribution in [-0.2, 0) is 9.59 Å². The van der Waals surface area contributed by atoms with Crippen molar-refractivity contribution >= 4 is 17.5 Å². The van der Waals surface area contributed by atoms with Gasteiger partial charge in [-0.25, -0.2) is 0 Å². The van der Waals surface area contributed by atoms with Gasteiger partial charge in [-0.05, 0) is 24.5 Å². The number of para-hydroxylation sites is 1. The zero-order valence-corrected chi connectivity index (χ0v) is 13.2. The standard InChI is InChI=1S/C15H21F2N3O3/c1-8(2)12(18)14(22)19-7-11(21)20-13-9(3)5-4-6-10(13)23-15(16)17/h4-6,8,12,15H,7,18H2,1-3H3,(H,19,22)(H,20,21)/t12-/m0/s1. The molecule has 0 aliphatic rings. The van der Waals surface area contributed by atoms with E-state index < -0.39 is 24.5 Å². The molecule has 128 valence electrons. The molecule has 0 saturated carbocycles. The summed E-state index contributed by atoms with van der Waals surface area (Å²) >= 11 is 0. The molecule has 1 rings (SSSR count). The summed E-state index contributed by atoms with van der Waals surface area (Å²) in [4.78, 5) is 23.6. The van der Waals surface area contributed by atoms with Gasteiger partial charge in [-0.3, -0.25) is 9.59 Å². The number of nitrogens with two attached hydrogens (primary N) is 1. The smallest absolute Gasteiger partial charge is 0.387 e. The van der Waals surface area contributed by atoms with Crippen molar-refractivity contribution in [3.63, 3.8) is 0 Å². The molecule has 4 N–H and O–H groups in total. The summed E-state index contributed by atoms with van der Waals surface area (Å²) in [6.07, 6.45) is 0. The number of anilines is 1. The van der Waals surface area contributed by atoms with Gasteiger partial charge in [0.25, 0.3) is 0 Å². The predicted octanol–water partition coefficient (Wildman–Crippen LogP) is 1.63. The van der Waals surface area contributed by atoms with Crippen LogP contribution >= 0.6 is 0 Å². The van der Waals surface area contributed by atoms with Crippen molar-refractivity contribution in [3.05, 3.63) is 23.8 Å². The van der Waals surface area contributed by atoms with Gasteiger partial charge in [0.2, 0.25) is 11.8 Å². The van der Waals surface area contributed by atoms with Gasteiger partial charge >= 0.3 is 6.61 Å². The molecule has 0 fully saturated rings. The Morgan fingerprint density at radius 3 is 2.52 bits per heavy atom. The molecular weight excluding hydrogens is 308 g/mol. The maximum atomic E-state index is 12.4. The number of amides is 2. The highest BCUT2D eigenvalue weighted by Crippen LogP contribution is 2.29. The fourth-order valence-electron chi connectivity index (χ4n) is 1.77. The van der Waals surface area contributed by atoms with Crippen LogP contribution in [0.5, 0.6) is 5.75 Å². The SMILES string of the molecule is Cc1cccc(OC(F)F)c1NC(=O)CNC(=O)[C@@H](N)C(C)C. The summed E-state index contributed by atoms with van der Waals surface area (Å²) in [5, 5.41) is 4.85. The number of hydrogen-bond acceptors (Lipinski definition) is 4. The second-order valence-corrected chi connectivity index (χ2v) is 5.36. The van der Waals surface area contributed by atoms with Crippen molar-refractivity contribution in [2.45, 2.75) is 33.4 Å². The summed E-state index contributed by atoms with van der Waals surface area (Å²) in [6.45, 7) is 1.89. The maximum Gasteiger partial charge on any atom is 0.387 e. The van der Waals surface area contributed by atoms with E-state index in [1.807, 2.05) is 0 Å². The van der Waals surface area contributed by atoms with Gasteiger partial charge in [-0.2, -0.15) is 8.78 Å². The summed E-state index contributed by atoms with van der Waals surface area (Å²) < 4.78 is 29.1. The monoisotopic (exact) mass is 329 g/mol. The lowest BCUT2D eigenvalue weighted by molar-refractivity contribution is -0.125. The third kappa shape index (κ3) is 5.82. The molecule has 0 spiro atoms. The third-order valence-electron chi connectivity index (χ3n) is 3.16. The Balaban J connectivity index is 2.69. The van der Waals surface area contributed by atoms with E-state index >= 15 is 0 Å². The molecule has 23 heavy (non-hydrogen) atoms. The molecule has 0 heterocycles. The summed E-state index contributed by atoms with van der Waals surface area (Å²) in [7, 11) is 0. The molecule has 0 aliphatic carbocycles. The highest BCUT2D eigenvalue weighted by molar-refractivity contribution is 5.97. The summed E-state index contributed by atoms with van der Waals surface area (Å²) in [5.41, 5.74) is 6.35. The highest BCUT2D eigenvalue weighted by atomic mass is 19.3. The first-order valence-electron chi connectivity index (χ1n) is 7.10. The van der Waals surface area contributed by atoms with Gasteiger partial charge in [-0.1, -0.05) is 26.0 Å². The molecule has 1 aromatic rings. The lowest BCUT2D eigenvalue weighted by Crippen LogP contribution is -2.46. The van der Waals surface area contributed by atoms with Crippen molar-refractivity contribution in [2.75, 3.05) is 11.9 Å². The minimum absolute atomic E-state index is 0.0690. The number of carbonyl (C=O) groups is 2. The zero-order chi connectivity index (χ0) is 17.6. The minimum atomic E-state index is -3.00. The molecule has 2 amide bonds. The number of alkyl halides is 2. The number of rotatable bonds is 7. The molecular formula is C15H21F2N3O3. The van der Waals surface area contributed by atoms with Gasteiger partial charge in [0.15, 0.2) is 0 Å². The molecule has 1 atom stereocenters. The normalized spacial score (nSPS) is 12.2. The fraction of sp³-hybridized carbons (Fsp3) is 0.467. The van der Waals surface area contributed by atoms with Crippen molar-refractivity contribution in [2.24, 2.45) is 11.7 Å². The number of nitrogens with one attached hydrogen (secondary N) is 2. The molecule has 1 aromatic carbocycles. The lowest BCUT2D eigenvalue weighted by atomic mass is 10.1. The number of carbonyl (C=O) groups excluding carboxylic acids is 2. The molecule has 8 heteroatoms. The largest absolute Gasteiger partial charge is 0.433 e. The van der Waals surface area contributed by atoms with E-state index in [1.54, 1.807) is 26.8 Å². The van der Waals surface area contributed by atoms with Crippen LogP contribution in [0.1, 0.15) is 19.4 Å². The van der Waals surface area contributed by atoms with Crippen LogP contribution in [0.2, 0.25) is 0 Å². The van der Waals surface area contributed by atoms with E-state index in [0.717, 1.165) is 0 Å². The average Bonchev–Trinajstić information content (AvgIpc) is 2.46. The first kappa shape index (κ1) is 18.8. The second-order valence-electron chi connectivity index (χ2n) is 5.36. The average molecular weight is 329 g/mol. The summed E-state index contributed by atoms with van der Waals surface area (Å²) in [6, 6.07) is 3.77. The number of benzene rings is 1. The Morgan fingerprint density at radius 2 is 1.96 bits per heavy atom. The van der Waals surface area contributed by atoms with Gasteiger partial charge in [0.1, 0.15) is 5.75 Å². The van der Waals surface area contributed by atoms with Crippen LogP contribution in [0.4, 0.5) is 14.5 Å². The number of hydrogen-bond donors (Lipinski definition) is 3. The maximum absolute atomic E-state index is 12.4. The molecule has 0 saturated heterocycles. The Labute approximate surface area is 133 Å². The molecule has 0 bridgehead atoms. The third-order valence-corrected chi connectivity index (χ3v) is 3.16. The van der Waals surface area contributed by atoms with E-state index in [2.05, 4.69) is 15.4 Å². The van der Waals surface area contributed by atoms with Gasteiger partial charge in [0, 0.05) is 0 Å². The van der Waals surface area contributed by atoms with E-state index in [-0.39, 0.29) is 23.9 Å². The van der Waals surface area contributed by atoms with Crippen LogP contribution in [0.3, 0.4) is 0 Å². The van der Waals surface area contributed by atoms with Crippen LogP contribution in [0.25, 0.3) is 0 Å². The molecule has 0 aliphatic heterocycles. The van der Waals surface area contributed by atoms with Gasteiger partial charge < -0.3 is 21.1 Å². The topological polar surface area (TPSA) is 93.5 Å². The Morgan fingerprint density at radius 1 is 1.30 bits per heavy atom. The van der Waals surface area contributed by atoms with Crippen molar-refractivity contribution in [1.82, 2.24) is 5.32 Å². The van der Waals surface area contributed by atoms with Gasteiger partial charge in [0.05, 0.1) is 18.3 Å². The van der Waals surface area contributed by atoms with Crippen LogP contribution < -0.4 is 21.1 Å².